The number of aromatic nitrogens is 1. The Kier molecular flexibility index (Phi) is 2.03. The number of hydrogen-bond donors (Lipinski definition) is 1. The quantitative estimate of drug-likeness (QED) is 0.784. The number of fused-ring (bicyclic) bond motifs is 2. The highest BCUT2D eigenvalue weighted by Crippen LogP contribution is 2.42. The number of carboxylic acids is 1. The summed E-state index contributed by atoms with van der Waals surface area (Å²) in [7, 11) is 0. The number of rotatable bonds is 1. The standard InChI is InChI=1S/C13H15NO2/c1-7-5-10(13(15)16)12-9(7)6-8-3-2-4-11(8)14-12/h6-7,10H,2-5H2,1H3,(H,15,16). The Morgan fingerprint density at radius 2 is 2.31 bits per heavy atom. The first-order valence-corrected chi connectivity index (χ1v) is 5.92. The average molecular weight is 217 g/mol. The Morgan fingerprint density at radius 1 is 1.50 bits per heavy atom. The Balaban J connectivity index is 2.13. The molecule has 2 aliphatic carbocycles. The second-order valence-electron chi connectivity index (χ2n) is 4.95. The third-order valence-electron chi connectivity index (χ3n) is 3.86. The van der Waals surface area contributed by atoms with Gasteiger partial charge in [-0.05, 0) is 42.7 Å². The predicted molar refractivity (Wildman–Crippen MR) is 59.7 cm³/mol. The lowest BCUT2D eigenvalue weighted by atomic mass is 10.0. The van der Waals surface area contributed by atoms with Crippen molar-refractivity contribution in [2.75, 3.05) is 0 Å². The van der Waals surface area contributed by atoms with E-state index in [1.54, 1.807) is 0 Å². The van der Waals surface area contributed by atoms with Crippen molar-refractivity contribution >= 4 is 5.97 Å². The number of pyridine rings is 1. The third-order valence-corrected chi connectivity index (χ3v) is 3.86. The van der Waals surface area contributed by atoms with E-state index in [1.165, 1.54) is 11.1 Å². The molecule has 84 valence electrons. The molecule has 3 heteroatoms. The van der Waals surface area contributed by atoms with Crippen LogP contribution in [0.15, 0.2) is 6.07 Å². The van der Waals surface area contributed by atoms with Crippen LogP contribution in [0.4, 0.5) is 0 Å². The number of nitrogens with zero attached hydrogens (tertiary/aromatic N) is 1. The van der Waals surface area contributed by atoms with E-state index in [0.717, 1.165) is 30.7 Å². The number of hydrogen-bond acceptors (Lipinski definition) is 2. The minimum Gasteiger partial charge on any atom is -0.481 e. The van der Waals surface area contributed by atoms with Gasteiger partial charge in [-0.2, -0.15) is 0 Å². The van der Waals surface area contributed by atoms with Crippen molar-refractivity contribution in [1.29, 1.82) is 0 Å². The predicted octanol–water partition coefficient (Wildman–Crippen LogP) is 2.25. The maximum Gasteiger partial charge on any atom is 0.312 e. The van der Waals surface area contributed by atoms with Gasteiger partial charge in [0.25, 0.3) is 0 Å². The summed E-state index contributed by atoms with van der Waals surface area (Å²) >= 11 is 0. The molecular weight excluding hydrogens is 202 g/mol. The molecule has 0 aromatic carbocycles. The molecule has 0 amide bonds. The fraction of sp³-hybridized carbons (Fsp3) is 0.538. The molecule has 0 fully saturated rings. The first kappa shape index (κ1) is 9.82. The summed E-state index contributed by atoms with van der Waals surface area (Å²) in [6, 6.07) is 2.21. The molecule has 0 saturated heterocycles. The van der Waals surface area contributed by atoms with Crippen molar-refractivity contribution in [2.24, 2.45) is 0 Å². The van der Waals surface area contributed by atoms with Crippen molar-refractivity contribution in [2.45, 2.75) is 44.4 Å². The van der Waals surface area contributed by atoms with Crippen LogP contribution in [0, 0.1) is 0 Å². The first-order chi connectivity index (χ1) is 7.66. The van der Waals surface area contributed by atoms with Gasteiger partial charge < -0.3 is 5.11 Å². The van der Waals surface area contributed by atoms with Crippen molar-refractivity contribution in [3.8, 4) is 0 Å². The van der Waals surface area contributed by atoms with Crippen LogP contribution in [0.5, 0.6) is 0 Å². The molecule has 0 aliphatic heterocycles. The minimum atomic E-state index is -0.726. The van der Waals surface area contributed by atoms with E-state index in [0.29, 0.717) is 12.3 Å². The molecule has 0 bridgehead atoms. The van der Waals surface area contributed by atoms with Crippen LogP contribution in [0.2, 0.25) is 0 Å². The molecule has 1 N–H and O–H groups in total. The number of aryl methyl sites for hydroxylation is 2. The van der Waals surface area contributed by atoms with Crippen LogP contribution in [0.25, 0.3) is 0 Å². The SMILES string of the molecule is CC1CC(C(=O)O)c2nc3c(cc21)CCC3. The highest BCUT2D eigenvalue weighted by atomic mass is 16.4. The Bertz CT molecular complexity index is 467. The van der Waals surface area contributed by atoms with Crippen molar-refractivity contribution < 1.29 is 9.90 Å². The summed E-state index contributed by atoms with van der Waals surface area (Å²) in [5, 5.41) is 9.19. The van der Waals surface area contributed by atoms with Crippen LogP contribution >= 0.6 is 0 Å². The van der Waals surface area contributed by atoms with Crippen molar-refractivity contribution in [3.63, 3.8) is 0 Å². The maximum atomic E-state index is 11.2. The van der Waals surface area contributed by atoms with Gasteiger partial charge in [0, 0.05) is 5.69 Å². The van der Waals surface area contributed by atoms with Gasteiger partial charge in [-0.3, -0.25) is 9.78 Å². The summed E-state index contributed by atoms with van der Waals surface area (Å²) in [5.41, 5.74) is 4.49. The summed E-state index contributed by atoms with van der Waals surface area (Å²) in [5.74, 6) is -0.763. The van der Waals surface area contributed by atoms with Crippen LogP contribution < -0.4 is 0 Å². The Morgan fingerprint density at radius 3 is 3.06 bits per heavy atom. The molecule has 2 aliphatic rings. The highest BCUT2D eigenvalue weighted by molar-refractivity contribution is 5.77. The molecular formula is C13H15NO2. The number of carboxylic acid groups (broad SMARTS) is 1. The lowest BCUT2D eigenvalue weighted by Gasteiger charge is -2.08. The van der Waals surface area contributed by atoms with E-state index < -0.39 is 5.97 Å². The topological polar surface area (TPSA) is 50.2 Å². The zero-order valence-corrected chi connectivity index (χ0v) is 9.36. The molecule has 3 rings (SSSR count). The summed E-state index contributed by atoms with van der Waals surface area (Å²) in [6.07, 6.45) is 4.00. The van der Waals surface area contributed by atoms with Gasteiger partial charge in [0.05, 0.1) is 11.6 Å². The van der Waals surface area contributed by atoms with Gasteiger partial charge in [-0.15, -0.1) is 0 Å². The van der Waals surface area contributed by atoms with Crippen LogP contribution in [-0.4, -0.2) is 16.1 Å². The van der Waals surface area contributed by atoms with Gasteiger partial charge in [0.15, 0.2) is 0 Å². The summed E-state index contributed by atoms with van der Waals surface area (Å²) in [6.45, 7) is 2.10. The van der Waals surface area contributed by atoms with Crippen molar-refractivity contribution in [1.82, 2.24) is 4.98 Å². The molecule has 0 saturated carbocycles. The van der Waals surface area contributed by atoms with Crippen molar-refractivity contribution in [3.05, 3.63) is 28.6 Å². The van der Waals surface area contributed by atoms with Gasteiger partial charge >= 0.3 is 5.97 Å². The van der Waals surface area contributed by atoms with Gasteiger partial charge in [0.2, 0.25) is 0 Å². The van der Waals surface area contributed by atoms with Crippen LogP contribution in [0.1, 0.15) is 54.1 Å². The summed E-state index contributed by atoms with van der Waals surface area (Å²) in [4.78, 5) is 15.8. The fourth-order valence-electron chi connectivity index (χ4n) is 2.99. The largest absolute Gasteiger partial charge is 0.481 e. The molecule has 2 unspecified atom stereocenters. The lowest BCUT2D eigenvalue weighted by Crippen LogP contribution is -2.10. The molecule has 3 nitrogen and oxygen atoms in total. The van der Waals surface area contributed by atoms with Gasteiger partial charge in [-0.25, -0.2) is 0 Å². The molecule has 2 atom stereocenters. The zero-order chi connectivity index (χ0) is 11.3. The lowest BCUT2D eigenvalue weighted by molar-refractivity contribution is -0.138. The normalized spacial score (nSPS) is 26.6. The molecule has 16 heavy (non-hydrogen) atoms. The third kappa shape index (κ3) is 1.27. The van der Waals surface area contributed by atoms with E-state index in [4.69, 9.17) is 0 Å². The summed E-state index contributed by atoms with van der Waals surface area (Å²) < 4.78 is 0. The minimum absolute atomic E-state index is 0.342. The zero-order valence-electron chi connectivity index (χ0n) is 9.36. The van der Waals surface area contributed by atoms with E-state index in [-0.39, 0.29) is 5.92 Å². The smallest absolute Gasteiger partial charge is 0.312 e. The maximum absolute atomic E-state index is 11.2. The van der Waals surface area contributed by atoms with Gasteiger partial charge in [0.1, 0.15) is 0 Å². The van der Waals surface area contributed by atoms with E-state index in [9.17, 15) is 9.90 Å². The van der Waals surface area contributed by atoms with Crippen LogP contribution in [-0.2, 0) is 17.6 Å². The Labute approximate surface area is 94.5 Å². The van der Waals surface area contributed by atoms with Crippen LogP contribution in [0.3, 0.4) is 0 Å². The first-order valence-electron chi connectivity index (χ1n) is 5.92. The monoisotopic (exact) mass is 217 g/mol. The van der Waals surface area contributed by atoms with E-state index >= 15 is 0 Å². The number of aliphatic carboxylic acids is 1. The number of carbonyl (C=O) groups is 1. The highest BCUT2D eigenvalue weighted by Gasteiger charge is 2.35. The second kappa shape index (κ2) is 3.30. The fourth-order valence-corrected chi connectivity index (χ4v) is 2.99. The second-order valence-corrected chi connectivity index (χ2v) is 4.95. The molecule has 0 spiro atoms. The Hall–Kier alpha value is -1.38. The molecule has 1 aromatic heterocycles. The molecule has 1 heterocycles. The average Bonchev–Trinajstić information content (AvgIpc) is 2.80. The van der Waals surface area contributed by atoms with Gasteiger partial charge in [-0.1, -0.05) is 13.0 Å². The van der Waals surface area contributed by atoms with E-state index in [2.05, 4.69) is 18.0 Å². The molecule has 1 aromatic rings. The van der Waals surface area contributed by atoms with E-state index in [1.807, 2.05) is 0 Å². The molecule has 0 radical (unpaired) electrons.